The second kappa shape index (κ2) is 9.84. The normalized spacial score (nSPS) is 24.9. The molecular formula is C25H33FN8O3. The van der Waals surface area contributed by atoms with E-state index in [2.05, 4.69) is 15.2 Å². The summed E-state index contributed by atoms with van der Waals surface area (Å²) in [6.07, 6.45) is 1.57. The molecule has 0 spiro atoms. The molecule has 0 bridgehead atoms. The van der Waals surface area contributed by atoms with Crippen LogP contribution in [0.4, 0.5) is 15.0 Å². The zero-order chi connectivity index (χ0) is 26.3. The largest absolute Gasteiger partial charge is 0.354 e. The highest BCUT2D eigenvalue weighted by atomic mass is 19.1. The molecule has 1 saturated carbocycles. The van der Waals surface area contributed by atoms with Gasteiger partial charge in [0.1, 0.15) is 18.0 Å². The number of rotatable bonds is 6. The van der Waals surface area contributed by atoms with E-state index >= 15 is 0 Å². The smallest absolute Gasteiger partial charge is 0.337 e. The molecule has 1 aromatic heterocycles. The van der Waals surface area contributed by atoms with Crippen molar-refractivity contribution in [2.45, 2.75) is 25.0 Å². The maximum absolute atomic E-state index is 13.0. The average Bonchev–Trinajstić information content (AvgIpc) is 3.28. The number of piperazine rings is 1. The summed E-state index contributed by atoms with van der Waals surface area (Å²) in [5.74, 6) is 0.947. The number of aromatic nitrogens is 2. The first kappa shape index (κ1) is 25.3. The Morgan fingerprint density at radius 2 is 1.70 bits per heavy atom. The monoisotopic (exact) mass is 512 g/mol. The van der Waals surface area contributed by atoms with E-state index in [1.165, 1.54) is 26.9 Å². The molecule has 12 heteroatoms. The molecule has 198 valence electrons. The molecule has 3 aliphatic rings. The lowest BCUT2D eigenvalue weighted by Gasteiger charge is -2.37. The number of hydrogen-bond acceptors (Lipinski definition) is 7. The van der Waals surface area contributed by atoms with Gasteiger partial charge in [0.15, 0.2) is 0 Å². The number of hydrogen-bond donors (Lipinski definition) is 3. The summed E-state index contributed by atoms with van der Waals surface area (Å²) < 4.78 is 14.4. The fraction of sp³-hybridized carbons (Fsp3) is 0.520. The van der Waals surface area contributed by atoms with Crippen LogP contribution in [0.5, 0.6) is 0 Å². The lowest BCUT2D eigenvalue weighted by Crippen LogP contribution is -2.60. The number of alkyl halides is 1. The van der Waals surface area contributed by atoms with Crippen molar-refractivity contribution >= 4 is 17.8 Å². The molecule has 1 aliphatic carbocycles. The molecule has 3 amide bonds. The molecule has 2 aliphatic heterocycles. The second-order valence-corrected chi connectivity index (χ2v) is 10.5. The number of urea groups is 1. The standard InChI is InChI=1S/C25H33FN8O3/c1-25(28,15-26)22(35)32-8-10-33(11-9-32)23(36)29-20-6-7-34(24(37)30-20)17-4-2-16(3-5-17)12-31-13-18-19(14-31)21(18)27/h2-7,18-19,21H,8-15,27-28H2,1H3,(H,29,30,36,37)/t18-,19+,21+,25?. The zero-order valence-corrected chi connectivity index (χ0v) is 20.8. The summed E-state index contributed by atoms with van der Waals surface area (Å²) in [6.45, 7) is 4.36. The topological polar surface area (TPSA) is 143 Å². The van der Waals surface area contributed by atoms with Gasteiger partial charge >= 0.3 is 11.7 Å². The summed E-state index contributed by atoms with van der Waals surface area (Å²) in [6, 6.07) is 9.29. The molecule has 3 fully saturated rings. The lowest BCUT2D eigenvalue weighted by molar-refractivity contribution is -0.138. The number of fused-ring (bicyclic) bond motifs is 1. The van der Waals surface area contributed by atoms with Crippen LogP contribution in [0.2, 0.25) is 0 Å². The van der Waals surface area contributed by atoms with Crippen molar-refractivity contribution in [2.75, 3.05) is 51.3 Å². The van der Waals surface area contributed by atoms with Crippen molar-refractivity contribution in [3.05, 3.63) is 52.6 Å². The number of piperidine rings is 1. The lowest BCUT2D eigenvalue weighted by atomic mass is 10.0. The number of halogens is 1. The first-order valence-electron chi connectivity index (χ1n) is 12.5. The van der Waals surface area contributed by atoms with Crippen molar-refractivity contribution in [1.82, 2.24) is 24.3 Å². The van der Waals surface area contributed by atoms with Crippen LogP contribution in [0, 0.1) is 11.8 Å². The van der Waals surface area contributed by atoms with Crippen LogP contribution in [-0.4, -0.2) is 93.7 Å². The molecule has 4 atom stereocenters. The zero-order valence-electron chi connectivity index (χ0n) is 20.8. The number of carbonyl (C=O) groups is 2. The Kier molecular flexibility index (Phi) is 6.73. The SMILES string of the molecule is CC(N)(CF)C(=O)N1CCN(C(=O)Nc2ccn(-c3ccc(CN4C[C@@H]5[C@@H](N)[C@@H]5C4)cc3)c(=O)n2)CC1. The van der Waals surface area contributed by atoms with Gasteiger partial charge in [0, 0.05) is 58.1 Å². The van der Waals surface area contributed by atoms with Gasteiger partial charge < -0.3 is 21.3 Å². The van der Waals surface area contributed by atoms with E-state index in [9.17, 15) is 18.8 Å². The number of nitrogens with one attached hydrogen (secondary N) is 1. The number of benzene rings is 1. The van der Waals surface area contributed by atoms with E-state index in [-0.39, 0.29) is 32.0 Å². The summed E-state index contributed by atoms with van der Waals surface area (Å²) in [5.41, 5.74) is 11.5. The van der Waals surface area contributed by atoms with Crippen LogP contribution in [-0.2, 0) is 11.3 Å². The van der Waals surface area contributed by atoms with E-state index in [0.29, 0.717) is 23.6 Å². The minimum Gasteiger partial charge on any atom is -0.337 e. The van der Waals surface area contributed by atoms with Crippen LogP contribution in [0.25, 0.3) is 5.69 Å². The van der Waals surface area contributed by atoms with Gasteiger partial charge in [-0.3, -0.25) is 19.6 Å². The van der Waals surface area contributed by atoms with Gasteiger partial charge in [-0.1, -0.05) is 12.1 Å². The van der Waals surface area contributed by atoms with E-state index in [0.717, 1.165) is 19.6 Å². The van der Waals surface area contributed by atoms with Gasteiger partial charge in [-0.15, -0.1) is 0 Å². The molecule has 11 nitrogen and oxygen atoms in total. The van der Waals surface area contributed by atoms with Crippen molar-refractivity contribution in [2.24, 2.45) is 23.3 Å². The molecule has 3 heterocycles. The Bertz CT molecular complexity index is 1210. The molecular weight excluding hydrogens is 479 g/mol. The van der Waals surface area contributed by atoms with E-state index in [4.69, 9.17) is 11.5 Å². The first-order valence-corrected chi connectivity index (χ1v) is 12.5. The maximum atomic E-state index is 13.0. The second-order valence-electron chi connectivity index (χ2n) is 10.5. The molecule has 5 N–H and O–H groups in total. The molecule has 2 saturated heterocycles. The number of nitrogens with two attached hydrogens (primary N) is 2. The summed E-state index contributed by atoms with van der Waals surface area (Å²) in [4.78, 5) is 47.0. The molecule has 5 rings (SSSR count). The van der Waals surface area contributed by atoms with Crippen molar-refractivity contribution in [3.63, 3.8) is 0 Å². The Morgan fingerprint density at radius 1 is 1.08 bits per heavy atom. The van der Waals surface area contributed by atoms with E-state index in [1.54, 1.807) is 12.3 Å². The van der Waals surface area contributed by atoms with Gasteiger partial charge in [0.05, 0.1) is 5.69 Å². The molecule has 1 aromatic carbocycles. The summed E-state index contributed by atoms with van der Waals surface area (Å²) in [7, 11) is 0. The quantitative estimate of drug-likeness (QED) is 0.494. The van der Waals surface area contributed by atoms with Gasteiger partial charge in [0.2, 0.25) is 5.91 Å². The van der Waals surface area contributed by atoms with Crippen LogP contribution in [0.3, 0.4) is 0 Å². The number of likely N-dealkylation sites (tertiary alicyclic amines) is 1. The third-order valence-electron chi connectivity index (χ3n) is 7.62. The predicted octanol–water partition coefficient (Wildman–Crippen LogP) is -0.0156. The Morgan fingerprint density at radius 3 is 2.30 bits per heavy atom. The average molecular weight is 513 g/mol. The number of amides is 3. The highest BCUT2D eigenvalue weighted by Crippen LogP contribution is 2.44. The van der Waals surface area contributed by atoms with Gasteiger partial charge in [-0.2, -0.15) is 4.98 Å². The number of anilines is 1. The Hall–Kier alpha value is -3.35. The predicted molar refractivity (Wildman–Crippen MR) is 136 cm³/mol. The summed E-state index contributed by atoms with van der Waals surface area (Å²) in [5, 5.41) is 2.64. The van der Waals surface area contributed by atoms with Gasteiger partial charge in [-0.05, 0) is 42.5 Å². The molecule has 0 radical (unpaired) electrons. The third-order valence-corrected chi connectivity index (χ3v) is 7.62. The van der Waals surface area contributed by atoms with E-state index < -0.39 is 29.8 Å². The minimum absolute atomic E-state index is 0.138. The van der Waals surface area contributed by atoms with Crippen molar-refractivity contribution in [1.29, 1.82) is 0 Å². The van der Waals surface area contributed by atoms with Gasteiger partial charge in [-0.25, -0.2) is 14.0 Å². The Balaban J connectivity index is 1.14. The first-order chi connectivity index (χ1) is 17.7. The fourth-order valence-electron chi connectivity index (χ4n) is 5.20. The fourth-order valence-corrected chi connectivity index (χ4v) is 5.20. The third kappa shape index (κ3) is 5.22. The number of carbonyl (C=O) groups excluding carboxylic acids is 2. The van der Waals surface area contributed by atoms with Crippen LogP contribution in [0.15, 0.2) is 41.3 Å². The van der Waals surface area contributed by atoms with Crippen LogP contribution in [0.1, 0.15) is 12.5 Å². The highest BCUT2D eigenvalue weighted by molar-refractivity contribution is 5.89. The van der Waals surface area contributed by atoms with Crippen molar-refractivity contribution in [3.8, 4) is 5.69 Å². The number of nitrogens with zero attached hydrogens (tertiary/aromatic N) is 5. The van der Waals surface area contributed by atoms with E-state index in [1.807, 2.05) is 24.3 Å². The molecule has 2 aromatic rings. The van der Waals surface area contributed by atoms with Gasteiger partial charge in [0.25, 0.3) is 0 Å². The summed E-state index contributed by atoms with van der Waals surface area (Å²) >= 11 is 0. The maximum Gasteiger partial charge on any atom is 0.354 e. The van der Waals surface area contributed by atoms with Crippen molar-refractivity contribution < 1.29 is 14.0 Å². The highest BCUT2D eigenvalue weighted by Gasteiger charge is 2.53. The molecule has 37 heavy (non-hydrogen) atoms. The minimum atomic E-state index is -1.57. The molecule has 1 unspecified atom stereocenters. The van der Waals surface area contributed by atoms with Crippen LogP contribution >= 0.6 is 0 Å². The Labute approximate surface area is 214 Å². The van der Waals surface area contributed by atoms with Crippen LogP contribution < -0.4 is 22.5 Å².